The molecule has 0 aromatic heterocycles. The Morgan fingerprint density at radius 2 is 1.18 bits per heavy atom. The molecule has 0 nitrogen and oxygen atoms in total. The third-order valence-corrected chi connectivity index (χ3v) is 6.43. The molecule has 6 heteroatoms. The van der Waals surface area contributed by atoms with Crippen LogP contribution in [-0.2, 0) is 0 Å². The van der Waals surface area contributed by atoms with Crippen LogP contribution in [0.3, 0.4) is 0 Å². The van der Waals surface area contributed by atoms with E-state index in [-0.39, 0.29) is 22.3 Å². The Balaban J connectivity index is 1.24. The van der Waals surface area contributed by atoms with Crippen LogP contribution in [-0.4, -0.2) is 0 Å². The molecular formula is C34H26F6. The average Bonchev–Trinajstić information content (AvgIpc) is 2.89. The summed E-state index contributed by atoms with van der Waals surface area (Å²) >= 11 is 0. The van der Waals surface area contributed by atoms with Gasteiger partial charge >= 0.3 is 0 Å². The van der Waals surface area contributed by atoms with Gasteiger partial charge in [0.2, 0.25) is 0 Å². The second kappa shape index (κ2) is 13.2. The lowest BCUT2D eigenvalue weighted by molar-refractivity contribution is 0.582. The first-order valence-electron chi connectivity index (χ1n) is 12.9. The van der Waals surface area contributed by atoms with Crippen molar-refractivity contribution in [1.29, 1.82) is 0 Å². The summed E-state index contributed by atoms with van der Waals surface area (Å²) in [6.45, 7) is 1.89. The summed E-state index contributed by atoms with van der Waals surface area (Å²) in [7, 11) is 0. The largest absolute Gasteiger partial charge is 0.207 e. The lowest BCUT2D eigenvalue weighted by Gasteiger charge is -2.08. The Labute approximate surface area is 230 Å². The molecule has 0 bridgehead atoms. The monoisotopic (exact) mass is 548 g/mol. The summed E-state index contributed by atoms with van der Waals surface area (Å²) in [5.41, 5.74) is 2.60. The van der Waals surface area contributed by atoms with Crippen LogP contribution in [0.4, 0.5) is 26.3 Å². The van der Waals surface area contributed by atoms with E-state index in [1.165, 1.54) is 24.3 Å². The Morgan fingerprint density at radius 3 is 1.73 bits per heavy atom. The molecule has 0 radical (unpaired) electrons. The Morgan fingerprint density at radius 1 is 0.625 bits per heavy atom. The van der Waals surface area contributed by atoms with Gasteiger partial charge in [0, 0.05) is 35.2 Å². The second-order valence-electron chi connectivity index (χ2n) is 9.49. The molecule has 4 rings (SSSR count). The molecule has 0 spiro atoms. The number of hydrogen-bond acceptors (Lipinski definition) is 0. The van der Waals surface area contributed by atoms with E-state index in [0.29, 0.717) is 17.5 Å². The molecule has 0 unspecified atom stereocenters. The second-order valence-corrected chi connectivity index (χ2v) is 9.49. The zero-order valence-electron chi connectivity index (χ0n) is 21.8. The van der Waals surface area contributed by atoms with E-state index in [4.69, 9.17) is 0 Å². The number of unbranched alkanes of at least 4 members (excludes halogenated alkanes) is 4. The van der Waals surface area contributed by atoms with E-state index in [0.717, 1.165) is 67.7 Å². The van der Waals surface area contributed by atoms with Crippen LogP contribution < -0.4 is 0 Å². The molecule has 0 heterocycles. The predicted molar refractivity (Wildman–Crippen MR) is 147 cm³/mol. The van der Waals surface area contributed by atoms with Crippen LogP contribution >= 0.6 is 0 Å². The van der Waals surface area contributed by atoms with Crippen molar-refractivity contribution in [3.63, 3.8) is 0 Å². The molecule has 40 heavy (non-hydrogen) atoms. The maximum atomic E-state index is 14.7. The molecule has 0 atom stereocenters. The first kappa shape index (κ1) is 28.8. The van der Waals surface area contributed by atoms with Crippen molar-refractivity contribution in [3.8, 4) is 34.1 Å². The van der Waals surface area contributed by atoms with Crippen molar-refractivity contribution in [2.45, 2.75) is 39.0 Å². The zero-order chi connectivity index (χ0) is 28.6. The fraction of sp³-hybridized carbons (Fsp3) is 0.176. The first-order valence-corrected chi connectivity index (χ1v) is 12.9. The normalized spacial score (nSPS) is 11.3. The van der Waals surface area contributed by atoms with Crippen molar-refractivity contribution < 1.29 is 26.3 Å². The van der Waals surface area contributed by atoms with Crippen molar-refractivity contribution >= 4 is 5.57 Å². The third kappa shape index (κ3) is 7.66. The summed E-state index contributed by atoms with van der Waals surface area (Å²) < 4.78 is 83.0. The van der Waals surface area contributed by atoms with E-state index in [9.17, 15) is 26.3 Å². The molecule has 0 aliphatic heterocycles. The molecule has 0 fully saturated rings. The molecule has 4 aromatic rings. The van der Waals surface area contributed by atoms with E-state index in [1.807, 2.05) is 13.0 Å². The van der Waals surface area contributed by atoms with Crippen LogP contribution in [0.25, 0.3) is 27.8 Å². The summed E-state index contributed by atoms with van der Waals surface area (Å²) in [6, 6.07) is 14.8. The van der Waals surface area contributed by atoms with E-state index < -0.39 is 34.9 Å². The smallest absolute Gasteiger partial charge is 0.132 e. The highest BCUT2D eigenvalue weighted by Gasteiger charge is 2.11. The van der Waals surface area contributed by atoms with Crippen LogP contribution in [0, 0.1) is 46.7 Å². The first-order chi connectivity index (χ1) is 19.2. The maximum absolute atomic E-state index is 14.7. The van der Waals surface area contributed by atoms with Crippen molar-refractivity contribution in [1.82, 2.24) is 0 Å². The quantitative estimate of drug-likeness (QED) is 0.117. The number of halogens is 6. The summed E-state index contributed by atoms with van der Waals surface area (Å²) in [4.78, 5) is 0. The number of allylic oxidation sites excluding steroid dienone is 2. The minimum absolute atomic E-state index is 0.105. The lowest BCUT2D eigenvalue weighted by atomic mass is 9.99. The Hall–Kier alpha value is -4.24. The molecule has 0 aliphatic carbocycles. The predicted octanol–water partition coefficient (Wildman–Crippen LogP) is 10.3. The maximum Gasteiger partial charge on any atom is 0.132 e. The summed E-state index contributed by atoms with van der Waals surface area (Å²) in [5.74, 6) is 1.73. The highest BCUT2D eigenvalue weighted by atomic mass is 19.2. The van der Waals surface area contributed by atoms with Gasteiger partial charge < -0.3 is 0 Å². The molecule has 0 amide bonds. The van der Waals surface area contributed by atoms with Gasteiger partial charge in [-0.3, -0.25) is 0 Å². The molecule has 0 saturated carbocycles. The van der Waals surface area contributed by atoms with Gasteiger partial charge in [0.05, 0.1) is 0 Å². The van der Waals surface area contributed by atoms with Gasteiger partial charge in [-0.1, -0.05) is 42.5 Å². The van der Waals surface area contributed by atoms with Gasteiger partial charge in [-0.25, -0.2) is 26.3 Å². The van der Waals surface area contributed by atoms with Gasteiger partial charge in [-0.2, -0.15) is 0 Å². The van der Waals surface area contributed by atoms with Gasteiger partial charge in [0.15, 0.2) is 0 Å². The molecular weight excluding hydrogens is 522 g/mol. The minimum atomic E-state index is -0.770. The average molecular weight is 549 g/mol. The molecule has 4 aromatic carbocycles. The highest BCUT2D eigenvalue weighted by Crippen LogP contribution is 2.28. The SMILES string of the molecule is CC(=CCCCCCC#Cc1ccc(-c2cc(F)cc(F)c2)c(F)c1)c1ccc(-c2cc(F)cc(F)c2)c(F)c1. The number of rotatable bonds is 8. The Kier molecular flexibility index (Phi) is 9.50. The zero-order valence-corrected chi connectivity index (χ0v) is 21.8. The Bertz CT molecular complexity index is 1570. The fourth-order valence-corrected chi connectivity index (χ4v) is 4.38. The number of hydrogen-bond donors (Lipinski definition) is 0. The highest BCUT2D eigenvalue weighted by molar-refractivity contribution is 5.70. The van der Waals surface area contributed by atoms with E-state index in [2.05, 4.69) is 11.8 Å². The van der Waals surface area contributed by atoms with Crippen LogP contribution in [0.2, 0.25) is 0 Å². The molecule has 0 aliphatic rings. The van der Waals surface area contributed by atoms with E-state index >= 15 is 0 Å². The fourth-order valence-electron chi connectivity index (χ4n) is 4.38. The van der Waals surface area contributed by atoms with Gasteiger partial charge in [-0.05, 0) is 90.9 Å². The van der Waals surface area contributed by atoms with Gasteiger partial charge in [0.1, 0.15) is 34.9 Å². The minimum Gasteiger partial charge on any atom is -0.207 e. The molecule has 0 saturated heterocycles. The standard InChI is InChI=1S/C34H26F6/c1-22(24-11-13-32(34(40)19-24)26-17-29(37)21-30(38)18-26)8-6-4-2-3-5-7-9-23-10-12-31(33(39)14-23)25-15-27(35)20-28(36)16-25/h8,10-21H,2-6H2,1H3. The van der Waals surface area contributed by atoms with Crippen molar-refractivity contribution in [2.75, 3.05) is 0 Å². The number of benzene rings is 4. The van der Waals surface area contributed by atoms with Crippen molar-refractivity contribution in [3.05, 3.63) is 125 Å². The van der Waals surface area contributed by atoms with Crippen LogP contribution in [0.5, 0.6) is 0 Å². The lowest BCUT2D eigenvalue weighted by Crippen LogP contribution is -1.90. The summed E-state index contributed by atoms with van der Waals surface area (Å²) in [5, 5.41) is 0. The van der Waals surface area contributed by atoms with Gasteiger partial charge in [-0.15, -0.1) is 0 Å². The summed E-state index contributed by atoms with van der Waals surface area (Å²) in [6.07, 6.45) is 6.15. The third-order valence-electron chi connectivity index (χ3n) is 6.43. The van der Waals surface area contributed by atoms with Crippen molar-refractivity contribution in [2.24, 2.45) is 0 Å². The van der Waals surface area contributed by atoms with Gasteiger partial charge in [0.25, 0.3) is 0 Å². The molecule has 0 N–H and O–H groups in total. The topological polar surface area (TPSA) is 0 Å². The van der Waals surface area contributed by atoms with Crippen LogP contribution in [0.1, 0.15) is 50.2 Å². The molecule has 204 valence electrons. The van der Waals surface area contributed by atoms with Crippen LogP contribution in [0.15, 0.2) is 78.9 Å². The van der Waals surface area contributed by atoms with E-state index in [1.54, 1.807) is 12.1 Å².